The number of carbonyl (C=O) groups excluding carboxylic acids is 1. The molecule has 0 saturated carbocycles. The van der Waals surface area contributed by atoms with Crippen molar-refractivity contribution in [3.05, 3.63) is 35.9 Å². The fourth-order valence-corrected chi connectivity index (χ4v) is 3.81. The van der Waals surface area contributed by atoms with Crippen molar-refractivity contribution in [3.63, 3.8) is 0 Å². The third kappa shape index (κ3) is 7.50. The van der Waals surface area contributed by atoms with Crippen LogP contribution in [0.4, 0.5) is 4.79 Å². The van der Waals surface area contributed by atoms with Crippen molar-refractivity contribution in [2.75, 3.05) is 19.6 Å². The van der Waals surface area contributed by atoms with Crippen LogP contribution in [0.5, 0.6) is 0 Å². The molecule has 6 nitrogen and oxygen atoms in total. The summed E-state index contributed by atoms with van der Waals surface area (Å²) in [6, 6.07) is 9.39. The second-order valence-electron chi connectivity index (χ2n) is 8.65. The normalized spacial score (nSPS) is 19.0. The van der Waals surface area contributed by atoms with Gasteiger partial charge in [-0.2, -0.15) is 0 Å². The lowest BCUT2D eigenvalue weighted by atomic mass is 9.93. The van der Waals surface area contributed by atoms with E-state index in [0.29, 0.717) is 25.3 Å². The molecule has 1 aliphatic rings. The number of urea groups is 1. The molecule has 3 N–H and O–H groups in total. The lowest BCUT2D eigenvalue weighted by Crippen LogP contribution is -2.56. The summed E-state index contributed by atoms with van der Waals surface area (Å²) in [4.78, 5) is 25.9. The Hall–Kier alpha value is -2.08. The lowest BCUT2D eigenvalue weighted by Gasteiger charge is -2.43. The number of aliphatic carboxylic acids is 1. The topological polar surface area (TPSA) is 81.7 Å². The Labute approximate surface area is 168 Å². The zero-order valence-corrected chi connectivity index (χ0v) is 17.4. The van der Waals surface area contributed by atoms with E-state index in [1.807, 2.05) is 30.3 Å². The van der Waals surface area contributed by atoms with Gasteiger partial charge < -0.3 is 15.7 Å². The SMILES string of the molecule is CC1CCCN(C(C)(C)CNC(=O)NC(CCC(=O)O)Cc2ccccc2)C1. The fourth-order valence-electron chi connectivity index (χ4n) is 3.81. The zero-order chi connectivity index (χ0) is 20.6. The third-order valence-electron chi connectivity index (χ3n) is 5.56. The molecule has 2 rings (SSSR count). The highest BCUT2D eigenvalue weighted by molar-refractivity contribution is 5.74. The molecule has 2 amide bonds. The zero-order valence-electron chi connectivity index (χ0n) is 17.4. The summed E-state index contributed by atoms with van der Waals surface area (Å²) in [5, 5.41) is 15.0. The smallest absolute Gasteiger partial charge is 0.315 e. The summed E-state index contributed by atoms with van der Waals surface area (Å²) < 4.78 is 0. The first kappa shape index (κ1) is 22.2. The maximum atomic E-state index is 12.5. The molecule has 1 aromatic carbocycles. The van der Waals surface area contributed by atoms with Gasteiger partial charge in [0.1, 0.15) is 0 Å². The lowest BCUT2D eigenvalue weighted by molar-refractivity contribution is -0.137. The maximum absolute atomic E-state index is 12.5. The summed E-state index contributed by atoms with van der Waals surface area (Å²) in [7, 11) is 0. The molecule has 0 radical (unpaired) electrons. The van der Waals surface area contributed by atoms with Gasteiger partial charge >= 0.3 is 12.0 Å². The van der Waals surface area contributed by atoms with Crippen LogP contribution in [0.15, 0.2) is 30.3 Å². The van der Waals surface area contributed by atoms with Crippen LogP contribution in [0.2, 0.25) is 0 Å². The summed E-state index contributed by atoms with van der Waals surface area (Å²) in [6.45, 7) is 9.29. The Balaban J connectivity index is 1.88. The number of hydrogen-bond acceptors (Lipinski definition) is 3. The third-order valence-corrected chi connectivity index (χ3v) is 5.56. The van der Waals surface area contributed by atoms with E-state index in [-0.39, 0.29) is 24.0 Å². The molecule has 1 fully saturated rings. The minimum Gasteiger partial charge on any atom is -0.481 e. The first-order chi connectivity index (χ1) is 13.3. The Morgan fingerprint density at radius 3 is 2.64 bits per heavy atom. The molecule has 0 bridgehead atoms. The Morgan fingerprint density at radius 1 is 1.29 bits per heavy atom. The van der Waals surface area contributed by atoms with Crippen molar-refractivity contribution >= 4 is 12.0 Å². The van der Waals surface area contributed by atoms with Crippen LogP contribution in [0.25, 0.3) is 0 Å². The van der Waals surface area contributed by atoms with Crippen LogP contribution >= 0.6 is 0 Å². The van der Waals surface area contributed by atoms with Crippen LogP contribution in [0, 0.1) is 5.92 Å². The van der Waals surface area contributed by atoms with Gasteiger partial charge in [0.05, 0.1) is 0 Å². The van der Waals surface area contributed by atoms with E-state index in [0.717, 1.165) is 18.7 Å². The average Bonchev–Trinajstić information content (AvgIpc) is 2.65. The molecule has 156 valence electrons. The summed E-state index contributed by atoms with van der Waals surface area (Å²) in [6.07, 6.45) is 3.53. The van der Waals surface area contributed by atoms with E-state index in [1.165, 1.54) is 12.8 Å². The summed E-state index contributed by atoms with van der Waals surface area (Å²) in [5.41, 5.74) is 0.975. The minimum atomic E-state index is -0.847. The predicted molar refractivity (Wildman–Crippen MR) is 111 cm³/mol. The van der Waals surface area contributed by atoms with Gasteiger partial charge in [-0.1, -0.05) is 37.3 Å². The van der Waals surface area contributed by atoms with Crippen molar-refractivity contribution in [1.29, 1.82) is 0 Å². The van der Waals surface area contributed by atoms with E-state index in [2.05, 4.69) is 36.3 Å². The molecule has 1 saturated heterocycles. The molecule has 2 unspecified atom stereocenters. The molecule has 28 heavy (non-hydrogen) atoms. The Morgan fingerprint density at radius 2 is 2.00 bits per heavy atom. The number of nitrogens with one attached hydrogen (secondary N) is 2. The quantitative estimate of drug-likeness (QED) is 0.605. The number of likely N-dealkylation sites (tertiary alicyclic amines) is 1. The van der Waals surface area contributed by atoms with Gasteiger partial charge in [0, 0.05) is 31.1 Å². The van der Waals surface area contributed by atoms with Gasteiger partial charge in [-0.25, -0.2) is 4.79 Å². The maximum Gasteiger partial charge on any atom is 0.315 e. The van der Waals surface area contributed by atoms with Crippen LogP contribution in [-0.2, 0) is 11.2 Å². The van der Waals surface area contributed by atoms with Crippen LogP contribution in [-0.4, -0.2) is 53.2 Å². The van der Waals surface area contributed by atoms with Gasteiger partial charge in [-0.15, -0.1) is 0 Å². The number of amides is 2. The van der Waals surface area contributed by atoms with E-state index >= 15 is 0 Å². The second kappa shape index (κ2) is 10.5. The monoisotopic (exact) mass is 389 g/mol. The van der Waals surface area contributed by atoms with Crippen molar-refractivity contribution in [2.24, 2.45) is 5.92 Å². The summed E-state index contributed by atoms with van der Waals surface area (Å²) >= 11 is 0. The number of benzene rings is 1. The number of nitrogens with zero attached hydrogens (tertiary/aromatic N) is 1. The number of carbonyl (C=O) groups is 2. The van der Waals surface area contributed by atoms with Crippen LogP contribution < -0.4 is 10.6 Å². The molecule has 6 heteroatoms. The van der Waals surface area contributed by atoms with Crippen molar-refractivity contribution in [2.45, 2.75) is 64.5 Å². The first-order valence-electron chi connectivity index (χ1n) is 10.3. The number of rotatable bonds is 9. The average molecular weight is 390 g/mol. The van der Waals surface area contributed by atoms with Crippen LogP contribution in [0.1, 0.15) is 52.0 Å². The number of piperidine rings is 1. The molecule has 1 aromatic rings. The molecule has 2 atom stereocenters. The number of carboxylic acids is 1. The van der Waals surface area contributed by atoms with Gasteiger partial charge in [-0.05, 0) is 57.6 Å². The number of hydrogen-bond donors (Lipinski definition) is 3. The fraction of sp³-hybridized carbons (Fsp3) is 0.636. The largest absolute Gasteiger partial charge is 0.481 e. The number of carboxylic acid groups (broad SMARTS) is 1. The van der Waals surface area contributed by atoms with Crippen molar-refractivity contribution < 1.29 is 14.7 Å². The van der Waals surface area contributed by atoms with E-state index < -0.39 is 5.97 Å². The molecule has 1 heterocycles. The summed E-state index contributed by atoms with van der Waals surface area (Å²) in [5.74, 6) is -0.159. The Bertz CT molecular complexity index is 633. The van der Waals surface area contributed by atoms with Gasteiger partial charge in [0.15, 0.2) is 0 Å². The molecular formula is C22H35N3O3. The van der Waals surface area contributed by atoms with Gasteiger partial charge in [0.2, 0.25) is 0 Å². The second-order valence-corrected chi connectivity index (χ2v) is 8.65. The molecular weight excluding hydrogens is 354 g/mol. The molecule has 0 aliphatic carbocycles. The molecule has 1 aliphatic heterocycles. The highest BCUT2D eigenvalue weighted by Crippen LogP contribution is 2.23. The van der Waals surface area contributed by atoms with E-state index in [9.17, 15) is 9.59 Å². The van der Waals surface area contributed by atoms with Crippen molar-refractivity contribution in [1.82, 2.24) is 15.5 Å². The highest BCUT2D eigenvalue weighted by atomic mass is 16.4. The van der Waals surface area contributed by atoms with Gasteiger partial charge in [0.25, 0.3) is 0 Å². The molecule has 0 spiro atoms. The Kier molecular flexibility index (Phi) is 8.30. The van der Waals surface area contributed by atoms with Crippen LogP contribution in [0.3, 0.4) is 0 Å². The van der Waals surface area contributed by atoms with E-state index in [4.69, 9.17) is 5.11 Å². The highest BCUT2D eigenvalue weighted by Gasteiger charge is 2.30. The van der Waals surface area contributed by atoms with E-state index in [1.54, 1.807) is 0 Å². The molecule has 0 aromatic heterocycles. The minimum absolute atomic E-state index is 0.0366. The standard InChI is InChI=1S/C22H35N3O3/c1-17-8-7-13-25(15-17)22(2,3)16-23-21(28)24-19(11-12-20(26)27)14-18-9-5-4-6-10-18/h4-6,9-10,17,19H,7-8,11-16H2,1-3H3,(H,26,27)(H2,23,24,28). The predicted octanol–water partition coefficient (Wildman–Crippen LogP) is 3.27. The van der Waals surface area contributed by atoms with Crippen molar-refractivity contribution in [3.8, 4) is 0 Å². The van der Waals surface area contributed by atoms with Gasteiger partial charge in [-0.3, -0.25) is 9.69 Å². The first-order valence-corrected chi connectivity index (χ1v) is 10.3.